The maximum Gasteiger partial charge on any atom is 0.295 e. The van der Waals surface area contributed by atoms with Crippen molar-refractivity contribution in [2.75, 3.05) is 0 Å². The van der Waals surface area contributed by atoms with Crippen molar-refractivity contribution in [3.63, 3.8) is 0 Å². The van der Waals surface area contributed by atoms with Gasteiger partial charge in [-0.05, 0) is 0 Å². The molecule has 2 rings (SSSR count). The molecule has 2 aromatic rings. The summed E-state index contributed by atoms with van der Waals surface area (Å²) in [5.41, 5.74) is -0.0898. The number of aromatic hydroxyl groups is 1. The van der Waals surface area contributed by atoms with Crippen molar-refractivity contribution < 1.29 is 22.9 Å². The molecule has 6 nitrogen and oxygen atoms in total. The van der Waals surface area contributed by atoms with E-state index >= 15 is 0 Å². The average molecular weight is 265 g/mol. The van der Waals surface area contributed by atoms with Crippen LogP contribution in [0, 0.1) is 0 Å². The Morgan fingerprint density at radius 3 is 2.33 bits per heavy atom. The van der Waals surface area contributed by atoms with E-state index in [9.17, 15) is 18.3 Å². The summed E-state index contributed by atoms with van der Waals surface area (Å²) in [4.78, 5) is 13.2. The van der Waals surface area contributed by atoms with Crippen molar-refractivity contribution >= 4 is 32.7 Å². The standard InChI is InChI=1S/C11H7NO5S/c13-6-12-11-8-4-2-1-3-7(8)10(5-9(11)14)18(15,16)17/h1-5,14H,(H,15,16,17). The number of aliphatic imine (C=N–C) groups is 1. The number of phenols is 1. The van der Waals surface area contributed by atoms with Gasteiger partial charge in [0.1, 0.15) is 16.3 Å². The SMILES string of the molecule is O=C=Nc1c(O)cc(S(=O)(=O)O)c2ccccc12. The molecule has 0 aliphatic heterocycles. The van der Waals surface area contributed by atoms with Crippen molar-refractivity contribution in [1.82, 2.24) is 0 Å². The minimum Gasteiger partial charge on any atom is -0.506 e. The van der Waals surface area contributed by atoms with E-state index in [0.717, 1.165) is 6.07 Å². The molecule has 0 heterocycles. The highest BCUT2D eigenvalue weighted by atomic mass is 32.2. The summed E-state index contributed by atoms with van der Waals surface area (Å²) in [5, 5.41) is 10.0. The summed E-state index contributed by atoms with van der Waals surface area (Å²) in [5.74, 6) is -0.523. The maximum absolute atomic E-state index is 11.2. The zero-order chi connectivity index (χ0) is 13.3. The maximum atomic E-state index is 11.2. The Kier molecular flexibility index (Phi) is 2.88. The fourth-order valence-corrected chi connectivity index (χ4v) is 2.41. The van der Waals surface area contributed by atoms with E-state index in [2.05, 4.69) is 4.99 Å². The number of hydrogen-bond acceptors (Lipinski definition) is 5. The van der Waals surface area contributed by atoms with E-state index < -0.39 is 20.8 Å². The lowest BCUT2D eigenvalue weighted by atomic mass is 10.1. The van der Waals surface area contributed by atoms with Crippen LogP contribution in [0.25, 0.3) is 10.8 Å². The molecule has 0 aliphatic rings. The molecule has 0 aliphatic carbocycles. The zero-order valence-electron chi connectivity index (χ0n) is 8.86. The fourth-order valence-electron chi connectivity index (χ4n) is 1.69. The van der Waals surface area contributed by atoms with Gasteiger partial charge >= 0.3 is 0 Å². The molecule has 7 heteroatoms. The molecule has 0 radical (unpaired) electrons. The number of phenolic OH excluding ortho intramolecular Hbond substituents is 1. The minimum atomic E-state index is -4.48. The molecule has 0 unspecified atom stereocenters. The number of fused-ring (bicyclic) bond motifs is 1. The molecule has 0 amide bonds. The highest BCUT2D eigenvalue weighted by molar-refractivity contribution is 7.86. The van der Waals surface area contributed by atoms with Gasteiger partial charge in [-0.15, -0.1) is 0 Å². The Bertz CT molecular complexity index is 775. The molecule has 0 bridgehead atoms. The van der Waals surface area contributed by atoms with Gasteiger partial charge in [0.05, 0.1) is 0 Å². The van der Waals surface area contributed by atoms with E-state index in [1.165, 1.54) is 18.2 Å². The third kappa shape index (κ3) is 1.98. The zero-order valence-corrected chi connectivity index (χ0v) is 9.68. The first-order chi connectivity index (χ1) is 8.45. The fraction of sp³-hybridized carbons (Fsp3) is 0. The molecule has 0 saturated carbocycles. The molecule has 0 saturated heterocycles. The Morgan fingerprint density at radius 1 is 1.17 bits per heavy atom. The van der Waals surface area contributed by atoms with Gasteiger partial charge in [0.15, 0.2) is 0 Å². The Labute approximate surface area is 102 Å². The Balaban J connectivity index is 3.03. The number of rotatable bonds is 2. The number of carbonyl (C=O) groups excluding carboxylic acids is 1. The second-order valence-corrected chi connectivity index (χ2v) is 4.86. The second kappa shape index (κ2) is 4.23. The van der Waals surface area contributed by atoms with Crippen LogP contribution in [0.4, 0.5) is 5.69 Å². The van der Waals surface area contributed by atoms with Gasteiger partial charge in [-0.25, -0.2) is 4.79 Å². The van der Waals surface area contributed by atoms with Gasteiger partial charge in [0, 0.05) is 16.8 Å². The lowest BCUT2D eigenvalue weighted by Gasteiger charge is -2.07. The smallest absolute Gasteiger partial charge is 0.295 e. The van der Waals surface area contributed by atoms with E-state index in [1.807, 2.05) is 0 Å². The van der Waals surface area contributed by atoms with E-state index in [4.69, 9.17) is 4.55 Å². The van der Waals surface area contributed by atoms with Crippen molar-refractivity contribution in [2.45, 2.75) is 4.90 Å². The number of benzene rings is 2. The van der Waals surface area contributed by atoms with Gasteiger partial charge in [-0.3, -0.25) is 4.55 Å². The van der Waals surface area contributed by atoms with Gasteiger partial charge in [0.2, 0.25) is 6.08 Å². The molecule has 0 spiro atoms. The predicted octanol–water partition coefficient (Wildman–Crippen LogP) is 1.76. The first-order valence-electron chi connectivity index (χ1n) is 4.75. The van der Waals surface area contributed by atoms with Gasteiger partial charge in [0.25, 0.3) is 10.1 Å². The summed E-state index contributed by atoms with van der Waals surface area (Å²) in [6.07, 6.45) is 1.28. The number of nitrogens with zero attached hydrogens (tertiary/aromatic N) is 1. The molecule has 0 atom stereocenters. The third-order valence-electron chi connectivity index (χ3n) is 2.39. The quantitative estimate of drug-likeness (QED) is 0.489. The van der Waals surface area contributed by atoms with Crippen molar-refractivity contribution in [3.05, 3.63) is 30.3 Å². The van der Waals surface area contributed by atoms with Crippen LogP contribution in [0.5, 0.6) is 5.75 Å². The van der Waals surface area contributed by atoms with Gasteiger partial charge < -0.3 is 5.11 Å². The van der Waals surface area contributed by atoms with Crippen molar-refractivity contribution in [2.24, 2.45) is 4.99 Å². The van der Waals surface area contributed by atoms with Crippen LogP contribution in [0.15, 0.2) is 40.2 Å². The molecule has 2 aromatic carbocycles. The van der Waals surface area contributed by atoms with Crippen LogP contribution in [0.2, 0.25) is 0 Å². The molecule has 2 N–H and O–H groups in total. The molecule has 18 heavy (non-hydrogen) atoms. The van der Waals surface area contributed by atoms with Crippen LogP contribution in [-0.4, -0.2) is 24.2 Å². The van der Waals surface area contributed by atoms with Crippen molar-refractivity contribution in [1.29, 1.82) is 0 Å². The molecular formula is C11H7NO5S. The summed E-state index contributed by atoms with van der Waals surface area (Å²) in [6, 6.07) is 6.89. The van der Waals surface area contributed by atoms with Crippen LogP contribution < -0.4 is 0 Å². The second-order valence-electron chi connectivity index (χ2n) is 3.47. The average Bonchev–Trinajstić information content (AvgIpc) is 2.31. The van der Waals surface area contributed by atoms with Crippen LogP contribution >= 0.6 is 0 Å². The van der Waals surface area contributed by atoms with Crippen molar-refractivity contribution in [3.8, 4) is 5.75 Å². The summed E-state index contributed by atoms with van der Waals surface area (Å²) in [6.45, 7) is 0. The minimum absolute atomic E-state index is 0.0898. The Hall–Kier alpha value is -2.21. The summed E-state index contributed by atoms with van der Waals surface area (Å²) < 4.78 is 31.5. The molecular weight excluding hydrogens is 258 g/mol. The predicted molar refractivity (Wildman–Crippen MR) is 63.2 cm³/mol. The number of isocyanates is 1. The largest absolute Gasteiger partial charge is 0.506 e. The van der Waals surface area contributed by atoms with E-state index in [-0.39, 0.29) is 16.5 Å². The van der Waals surface area contributed by atoms with Crippen LogP contribution in [0.1, 0.15) is 0 Å². The van der Waals surface area contributed by atoms with Gasteiger partial charge in [-0.2, -0.15) is 13.4 Å². The molecule has 0 aromatic heterocycles. The lowest BCUT2D eigenvalue weighted by molar-refractivity contribution is 0.469. The molecule has 0 fully saturated rings. The first kappa shape index (κ1) is 12.3. The monoisotopic (exact) mass is 265 g/mol. The van der Waals surface area contributed by atoms with Crippen LogP contribution in [-0.2, 0) is 14.9 Å². The summed E-state index contributed by atoms with van der Waals surface area (Å²) in [7, 11) is -4.48. The topological polar surface area (TPSA) is 104 Å². The van der Waals surface area contributed by atoms with Gasteiger partial charge in [-0.1, -0.05) is 24.3 Å². The van der Waals surface area contributed by atoms with Crippen LogP contribution in [0.3, 0.4) is 0 Å². The Morgan fingerprint density at radius 2 is 1.78 bits per heavy atom. The van der Waals surface area contributed by atoms with E-state index in [1.54, 1.807) is 12.1 Å². The normalized spacial score (nSPS) is 11.2. The lowest BCUT2D eigenvalue weighted by Crippen LogP contribution is -1.99. The summed E-state index contributed by atoms with van der Waals surface area (Å²) >= 11 is 0. The highest BCUT2D eigenvalue weighted by Gasteiger charge is 2.18. The first-order valence-corrected chi connectivity index (χ1v) is 6.19. The highest BCUT2D eigenvalue weighted by Crippen LogP contribution is 2.38. The number of hydrogen-bond donors (Lipinski definition) is 2. The third-order valence-corrected chi connectivity index (χ3v) is 3.29. The van der Waals surface area contributed by atoms with E-state index in [0.29, 0.717) is 0 Å². The molecule has 92 valence electrons.